The highest BCUT2D eigenvalue weighted by Gasteiger charge is 2.52. The number of carbonyl (C=O) groups is 3. The zero-order valence-electron chi connectivity index (χ0n) is 14.7. The second-order valence-corrected chi connectivity index (χ2v) is 6.83. The van der Waals surface area contributed by atoms with Crippen LogP contribution < -0.4 is 4.90 Å². The van der Waals surface area contributed by atoms with E-state index in [4.69, 9.17) is 11.6 Å². The SMILES string of the molecule is O=C1C(=O)N(c2cccnc2)[C@@H](c2ccccc2Cl)[C@@H]1C(=O)c1ccccc1. The van der Waals surface area contributed by atoms with Gasteiger partial charge in [-0.25, -0.2) is 0 Å². The molecular formula is C22H15ClN2O3. The molecule has 1 amide bonds. The molecule has 3 aromatic rings. The summed E-state index contributed by atoms with van der Waals surface area (Å²) in [6.45, 7) is 0. The van der Waals surface area contributed by atoms with Crippen molar-refractivity contribution < 1.29 is 14.4 Å². The maximum absolute atomic E-state index is 13.2. The van der Waals surface area contributed by atoms with Gasteiger partial charge in [0.05, 0.1) is 17.9 Å². The van der Waals surface area contributed by atoms with Gasteiger partial charge in [0.1, 0.15) is 5.92 Å². The standard InChI is InChI=1S/C22H15ClN2O3/c23-17-11-5-4-10-16(17)19-18(20(26)14-7-2-1-3-8-14)21(27)22(28)25(19)15-9-6-12-24-13-15/h1-13,18-19H/t18-,19+/m1/s1. The van der Waals surface area contributed by atoms with E-state index in [2.05, 4.69) is 4.98 Å². The molecule has 5 nitrogen and oxygen atoms in total. The number of Topliss-reactive ketones (excluding diaryl/α,β-unsaturated/α-hetero) is 2. The summed E-state index contributed by atoms with van der Waals surface area (Å²) in [6.07, 6.45) is 3.06. The highest BCUT2D eigenvalue weighted by atomic mass is 35.5. The van der Waals surface area contributed by atoms with Crippen LogP contribution in [0.15, 0.2) is 79.1 Å². The van der Waals surface area contributed by atoms with Gasteiger partial charge in [-0.15, -0.1) is 0 Å². The third kappa shape index (κ3) is 3.00. The molecule has 28 heavy (non-hydrogen) atoms. The van der Waals surface area contributed by atoms with Crippen molar-refractivity contribution in [1.82, 2.24) is 4.98 Å². The Morgan fingerprint density at radius 3 is 2.32 bits per heavy atom. The average molecular weight is 391 g/mol. The van der Waals surface area contributed by atoms with Gasteiger partial charge >= 0.3 is 0 Å². The fourth-order valence-electron chi connectivity index (χ4n) is 3.52. The molecule has 138 valence electrons. The Kier molecular flexibility index (Phi) is 4.75. The number of ketones is 2. The molecule has 6 heteroatoms. The molecular weight excluding hydrogens is 376 g/mol. The third-order valence-corrected chi connectivity index (χ3v) is 5.14. The van der Waals surface area contributed by atoms with Gasteiger partial charge in [0, 0.05) is 16.8 Å². The van der Waals surface area contributed by atoms with E-state index in [1.54, 1.807) is 72.9 Å². The van der Waals surface area contributed by atoms with E-state index in [-0.39, 0.29) is 0 Å². The molecule has 4 rings (SSSR count). The number of anilines is 1. The molecule has 1 aliphatic heterocycles. The molecule has 2 heterocycles. The lowest BCUT2D eigenvalue weighted by Gasteiger charge is -2.27. The molecule has 0 bridgehead atoms. The Morgan fingerprint density at radius 1 is 0.929 bits per heavy atom. The van der Waals surface area contributed by atoms with Crippen LogP contribution in [0.5, 0.6) is 0 Å². The number of benzene rings is 2. The maximum atomic E-state index is 13.2. The van der Waals surface area contributed by atoms with Crippen LogP contribution in [0.4, 0.5) is 5.69 Å². The van der Waals surface area contributed by atoms with E-state index in [1.165, 1.54) is 11.1 Å². The summed E-state index contributed by atoms with van der Waals surface area (Å²) in [6, 6.07) is 17.9. The number of hydrogen-bond acceptors (Lipinski definition) is 4. The number of hydrogen-bond donors (Lipinski definition) is 0. The first-order chi connectivity index (χ1) is 13.6. The van der Waals surface area contributed by atoms with Crippen molar-refractivity contribution >= 4 is 34.8 Å². The quantitative estimate of drug-likeness (QED) is 0.385. The lowest BCUT2D eigenvalue weighted by molar-refractivity contribution is -0.135. The fourth-order valence-corrected chi connectivity index (χ4v) is 3.77. The van der Waals surface area contributed by atoms with Crippen molar-refractivity contribution in [2.75, 3.05) is 4.90 Å². The van der Waals surface area contributed by atoms with Crippen LogP contribution >= 0.6 is 11.6 Å². The summed E-state index contributed by atoms with van der Waals surface area (Å²) >= 11 is 6.39. The molecule has 0 aliphatic carbocycles. The van der Waals surface area contributed by atoms with Crippen molar-refractivity contribution in [3.05, 3.63) is 95.3 Å². The van der Waals surface area contributed by atoms with Gasteiger partial charge in [-0.05, 0) is 23.8 Å². The molecule has 1 aliphatic rings. The third-order valence-electron chi connectivity index (χ3n) is 4.79. The maximum Gasteiger partial charge on any atom is 0.295 e. The van der Waals surface area contributed by atoms with E-state index < -0.39 is 29.4 Å². The number of nitrogens with zero attached hydrogens (tertiary/aromatic N) is 2. The molecule has 1 aromatic heterocycles. The number of pyridine rings is 1. The summed E-state index contributed by atoms with van der Waals surface area (Å²) in [5, 5.41) is 0.384. The monoisotopic (exact) mass is 390 g/mol. The molecule has 2 atom stereocenters. The Morgan fingerprint density at radius 2 is 1.64 bits per heavy atom. The van der Waals surface area contributed by atoms with Crippen LogP contribution in [0.3, 0.4) is 0 Å². The average Bonchev–Trinajstić information content (AvgIpc) is 3.00. The zero-order chi connectivity index (χ0) is 19.7. The smallest absolute Gasteiger partial charge is 0.295 e. The highest BCUT2D eigenvalue weighted by Crippen LogP contribution is 2.43. The minimum atomic E-state index is -1.19. The van der Waals surface area contributed by atoms with E-state index in [9.17, 15) is 14.4 Å². The molecule has 0 unspecified atom stereocenters. The Hall–Kier alpha value is -3.31. The molecule has 0 saturated carbocycles. The van der Waals surface area contributed by atoms with Crippen LogP contribution in [-0.4, -0.2) is 22.5 Å². The Bertz CT molecular complexity index is 1050. The van der Waals surface area contributed by atoms with Crippen LogP contribution in [0.25, 0.3) is 0 Å². The molecule has 0 spiro atoms. The number of halogens is 1. The zero-order valence-corrected chi connectivity index (χ0v) is 15.4. The van der Waals surface area contributed by atoms with E-state index in [0.29, 0.717) is 21.8 Å². The molecule has 0 radical (unpaired) electrons. The number of rotatable bonds is 4. The van der Waals surface area contributed by atoms with Crippen molar-refractivity contribution in [3.8, 4) is 0 Å². The van der Waals surface area contributed by atoms with E-state index in [0.717, 1.165) is 0 Å². The van der Waals surface area contributed by atoms with Crippen molar-refractivity contribution in [3.63, 3.8) is 0 Å². The second kappa shape index (κ2) is 7.37. The van der Waals surface area contributed by atoms with Gasteiger partial charge in [-0.1, -0.05) is 60.1 Å². The summed E-state index contributed by atoms with van der Waals surface area (Å²) in [7, 11) is 0. The molecule has 2 aromatic carbocycles. The largest absolute Gasteiger partial charge is 0.295 e. The normalized spacial score (nSPS) is 19.1. The minimum Gasteiger partial charge on any atom is -0.295 e. The first-order valence-corrected chi connectivity index (χ1v) is 9.08. The molecule has 1 fully saturated rings. The predicted molar refractivity (Wildman–Crippen MR) is 105 cm³/mol. The lowest BCUT2D eigenvalue weighted by atomic mass is 9.86. The topological polar surface area (TPSA) is 67.3 Å². The summed E-state index contributed by atoms with van der Waals surface area (Å²) < 4.78 is 0. The van der Waals surface area contributed by atoms with Gasteiger partial charge in [0.25, 0.3) is 5.91 Å². The van der Waals surface area contributed by atoms with Gasteiger partial charge in [-0.2, -0.15) is 0 Å². The Labute approximate surface area is 166 Å². The number of carbonyl (C=O) groups excluding carboxylic acids is 3. The molecule has 0 N–H and O–H groups in total. The summed E-state index contributed by atoms with van der Waals surface area (Å²) in [5.74, 6) is -3.08. The minimum absolute atomic E-state index is 0.374. The van der Waals surface area contributed by atoms with Crippen molar-refractivity contribution in [2.45, 2.75) is 6.04 Å². The summed E-state index contributed by atoms with van der Waals surface area (Å²) in [4.78, 5) is 44.4. The first-order valence-electron chi connectivity index (χ1n) is 8.70. The first kappa shape index (κ1) is 18.1. The van der Waals surface area contributed by atoms with Crippen LogP contribution in [0.1, 0.15) is 22.0 Å². The van der Waals surface area contributed by atoms with Crippen LogP contribution in [0, 0.1) is 5.92 Å². The van der Waals surface area contributed by atoms with E-state index >= 15 is 0 Å². The van der Waals surface area contributed by atoms with Crippen molar-refractivity contribution in [1.29, 1.82) is 0 Å². The van der Waals surface area contributed by atoms with Crippen LogP contribution in [-0.2, 0) is 9.59 Å². The number of amides is 1. The predicted octanol–water partition coefficient (Wildman–Crippen LogP) is 3.89. The van der Waals surface area contributed by atoms with E-state index in [1.807, 2.05) is 0 Å². The van der Waals surface area contributed by atoms with Gasteiger partial charge in [0.2, 0.25) is 5.78 Å². The Balaban J connectivity index is 1.89. The lowest BCUT2D eigenvalue weighted by Crippen LogP contribution is -2.30. The highest BCUT2D eigenvalue weighted by molar-refractivity contribution is 6.49. The van der Waals surface area contributed by atoms with Gasteiger partial charge in [0.15, 0.2) is 5.78 Å². The second-order valence-electron chi connectivity index (χ2n) is 6.42. The number of aromatic nitrogens is 1. The van der Waals surface area contributed by atoms with Crippen molar-refractivity contribution in [2.24, 2.45) is 5.92 Å². The fraction of sp³-hybridized carbons (Fsp3) is 0.0909. The van der Waals surface area contributed by atoms with Gasteiger partial charge < -0.3 is 0 Å². The molecule has 1 saturated heterocycles. The van der Waals surface area contributed by atoms with Crippen LogP contribution in [0.2, 0.25) is 5.02 Å². The summed E-state index contributed by atoms with van der Waals surface area (Å²) in [5.41, 5.74) is 1.36. The van der Waals surface area contributed by atoms with Gasteiger partial charge in [-0.3, -0.25) is 24.3 Å².